The molecule has 1 aromatic carbocycles. The number of carbonyl (C=O) groups excluding carboxylic acids is 1. The molecule has 1 atom stereocenters. The Labute approximate surface area is 126 Å². The van der Waals surface area contributed by atoms with Gasteiger partial charge in [0.25, 0.3) is 0 Å². The van der Waals surface area contributed by atoms with E-state index in [1.807, 2.05) is 30.3 Å². The van der Waals surface area contributed by atoms with Gasteiger partial charge in [-0.25, -0.2) is 8.42 Å². The lowest BCUT2D eigenvalue weighted by molar-refractivity contribution is -0.122. The van der Waals surface area contributed by atoms with Gasteiger partial charge in [-0.05, 0) is 12.0 Å². The summed E-state index contributed by atoms with van der Waals surface area (Å²) in [6.45, 7) is 1.69. The van der Waals surface area contributed by atoms with Crippen LogP contribution in [-0.2, 0) is 21.1 Å². The molecular weight excluding hydrogens is 300 g/mol. The predicted molar refractivity (Wildman–Crippen MR) is 82.7 cm³/mol. The van der Waals surface area contributed by atoms with Crippen LogP contribution >= 0.6 is 12.4 Å². The highest BCUT2D eigenvalue weighted by molar-refractivity contribution is 7.91. The molecule has 1 unspecified atom stereocenters. The molecule has 0 heterocycles. The Morgan fingerprint density at radius 1 is 1.30 bits per heavy atom. The Morgan fingerprint density at radius 3 is 2.45 bits per heavy atom. The minimum atomic E-state index is -3.06. The van der Waals surface area contributed by atoms with Gasteiger partial charge in [0.1, 0.15) is 0 Å². The first-order valence-electron chi connectivity index (χ1n) is 6.22. The quantitative estimate of drug-likeness (QED) is 0.767. The summed E-state index contributed by atoms with van der Waals surface area (Å²) in [6.07, 6.45) is 0.438. The second kappa shape index (κ2) is 8.94. The van der Waals surface area contributed by atoms with Crippen LogP contribution in [0.25, 0.3) is 0 Å². The van der Waals surface area contributed by atoms with Gasteiger partial charge >= 0.3 is 0 Å². The van der Waals surface area contributed by atoms with Crippen LogP contribution in [0.2, 0.25) is 0 Å². The molecule has 0 fully saturated rings. The third-order valence-electron chi connectivity index (χ3n) is 2.79. The SMILES string of the molecule is CCS(=O)(=O)CCNC(=O)C(N)Cc1ccccc1.Cl. The normalized spacial score (nSPS) is 12.3. The van der Waals surface area contributed by atoms with Crippen LogP contribution in [0.4, 0.5) is 0 Å². The lowest BCUT2D eigenvalue weighted by Gasteiger charge is -2.12. The number of benzene rings is 1. The van der Waals surface area contributed by atoms with Gasteiger partial charge in [-0.3, -0.25) is 4.79 Å². The van der Waals surface area contributed by atoms with Crippen LogP contribution in [0, 0.1) is 0 Å². The zero-order valence-electron chi connectivity index (χ0n) is 11.4. The summed E-state index contributed by atoms with van der Waals surface area (Å²) in [5.41, 5.74) is 6.75. The van der Waals surface area contributed by atoms with Gasteiger partial charge in [-0.2, -0.15) is 0 Å². The van der Waals surface area contributed by atoms with Crippen LogP contribution in [0.5, 0.6) is 0 Å². The molecule has 1 rings (SSSR count). The minimum absolute atomic E-state index is 0. The summed E-state index contributed by atoms with van der Waals surface area (Å²) < 4.78 is 22.5. The molecule has 0 aliphatic rings. The van der Waals surface area contributed by atoms with Crippen molar-refractivity contribution in [2.24, 2.45) is 5.73 Å². The molecule has 3 N–H and O–H groups in total. The van der Waals surface area contributed by atoms with Crippen molar-refractivity contribution in [1.29, 1.82) is 0 Å². The number of nitrogens with one attached hydrogen (secondary N) is 1. The lowest BCUT2D eigenvalue weighted by atomic mass is 10.1. The molecule has 0 spiro atoms. The van der Waals surface area contributed by atoms with Gasteiger partial charge in [0.2, 0.25) is 5.91 Å². The molecule has 114 valence electrons. The number of rotatable bonds is 7. The maximum absolute atomic E-state index is 11.7. The Kier molecular flexibility index (Phi) is 8.45. The van der Waals surface area contributed by atoms with E-state index in [1.54, 1.807) is 6.92 Å². The molecule has 0 saturated carbocycles. The highest BCUT2D eigenvalue weighted by atomic mass is 35.5. The van der Waals surface area contributed by atoms with Crippen molar-refractivity contribution in [2.75, 3.05) is 18.1 Å². The predicted octanol–water partition coefficient (Wildman–Crippen LogP) is 0.529. The molecule has 0 aliphatic carbocycles. The highest BCUT2D eigenvalue weighted by Gasteiger charge is 2.14. The first-order valence-corrected chi connectivity index (χ1v) is 8.04. The number of sulfone groups is 1. The molecule has 0 saturated heterocycles. The number of hydrogen-bond acceptors (Lipinski definition) is 4. The second-order valence-corrected chi connectivity index (χ2v) is 6.80. The van der Waals surface area contributed by atoms with E-state index in [9.17, 15) is 13.2 Å². The minimum Gasteiger partial charge on any atom is -0.354 e. The van der Waals surface area contributed by atoms with Crippen LogP contribution in [0.3, 0.4) is 0 Å². The fraction of sp³-hybridized carbons (Fsp3) is 0.462. The summed E-state index contributed by atoms with van der Waals surface area (Å²) in [6, 6.07) is 8.79. The van der Waals surface area contributed by atoms with Crippen LogP contribution in [0.1, 0.15) is 12.5 Å². The molecule has 0 aliphatic heterocycles. The summed E-state index contributed by atoms with van der Waals surface area (Å²) in [5, 5.41) is 2.55. The average Bonchev–Trinajstić information content (AvgIpc) is 2.39. The summed E-state index contributed by atoms with van der Waals surface area (Å²) in [7, 11) is -3.06. The first-order chi connectivity index (χ1) is 8.94. The number of amides is 1. The van der Waals surface area contributed by atoms with Crippen molar-refractivity contribution in [1.82, 2.24) is 5.32 Å². The number of nitrogens with two attached hydrogens (primary N) is 1. The zero-order chi connectivity index (χ0) is 14.3. The van der Waals surface area contributed by atoms with Gasteiger partial charge < -0.3 is 11.1 Å². The Bertz CT molecular complexity index is 506. The summed E-state index contributed by atoms with van der Waals surface area (Å²) in [4.78, 5) is 11.7. The third kappa shape index (κ3) is 6.88. The van der Waals surface area contributed by atoms with Crippen LogP contribution in [-0.4, -0.2) is 38.4 Å². The van der Waals surface area contributed by atoms with E-state index in [2.05, 4.69) is 5.32 Å². The summed E-state index contributed by atoms with van der Waals surface area (Å²) >= 11 is 0. The van der Waals surface area contributed by atoms with E-state index in [4.69, 9.17) is 5.73 Å². The Balaban J connectivity index is 0.00000361. The average molecular weight is 321 g/mol. The molecule has 20 heavy (non-hydrogen) atoms. The highest BCUT2D eigenvalue weighted by Crippen LogP contribution is 2.01. The fourth-order valence-corrected chi connectivity index (χ4v) is 2.27. The van der Waals surface area contributed by atoms with E-state index in [0.717, 1.165) is 5.56 Å². The van der Waals surface area contributed by atoms with E-state index in [0.29, 0.717) is 6.42 Å². The standard InChI is InChI=1S/C13H20N2O3S.ClH/c1-2-19(17,18)9-8-15-13(16)12(14)10-11-6-4-3-5-7-11;/h3-7,12H,2,8-10,14H2,1H3,(H,15,16);1H. The molecule has 1 amide bonds. The van der Waals surface area contributed by atoms with Crippen LogP contribution in [0.15, 0.2) is 30.3 Å². The van der Waals surface area contributed by atoms with Crippen molar-refractivity contribution >= 4 is 28.2 Å². The molecule has 0 bridgehead atoms. The molecule has 0 aromatic heterocycles. The van der Waals surface area contributed by atoms with Crippen molar-refractivity contribution in [3.05, 3.63) is 35.9 Å². The third-order valence-corrected chi connectivity index (χ3v) is 4.49. The Morgan fingerprint density at radius 2 is 1.90 bits per heavy atom. The molecular formula is C13H21ClN2O3S. The van der Waals surface area contributed by atoms with Crippen molar-refractivity contribution in [3.63, 3.8) is 0 Å². The fourth-order valence-electron chi connectivity index (χ4n) is 1.57. The topological polar surface area (TPSA) is 89.3 Å². The Hall–Kier alpha value is -1.11. The molecule has 1 aromatic rings. The van der Waals surface area contributed by atoms with Crippen molar-refractivity contribution in [3.8, 4) is 0 Å². The van der Waals surface area contributed by atoms with Crippen LogP contribution < -0.4 is 11.1 Å². The maximum Gasteiger partial charge on any atom is 0.237 e. The van der Waals surface area contributed by atoms with E-state index in [1.165, 1.54) is 0 Å². The monoisotopic (exact) mass is 320 g/mol. The first kappa shape index (κ1) is 18.9. The number of halogens is 1. The number of hydrogen-bond donors (Lipinski definition) is 2. The maximum atomic E-state index is 11.7. The second-order valence-electron chi connectivity index (χ2n) is 4.32. The molecule has 5 nitrogen and oxygen atoms in total. The number of carbonyl (C=O) groups is 1. The molecule has 7 heteroatoms. The largest absolute Gasteiger partial charge is 0.354 e. The van der Waals surface area contributed by atoms with Gasteiger partial charge in [0.05, 0.1) is 11.8 Å². The van der Waals surface area contributed by atoms with Gasteiger partial charge in [0, 0.05) is 12.3 Å². The van der Waals surface area contributed by atoms with Gasteiger partial charge in [0.15, 0.2) is 9.84 Å². The van der Waals surface area contributed by atoms with E-state index in [-0.39, 0.29) is 36.4 Å². The lowest BCUT2D eigenvalue weighted by Crippen LogP contribution is -2.43. The molecule has 0 radical (unpaired) electrons. The van der Waals surface area contributed by atoms with E-state index >= 15 is 0 Å². The van der Waals surface area contributed by atoms with Gasteiger partial charge in [-0.1, -0.05) is 37.3 Å². The van der Waals surface area contributed by atoms with Crippen molar-refractivity contribution < 1.29 is 13.2 Å². The van der Waals surface area contributed by atoms with Gasteiger partial charge in [-0.15, -0.1) is 12.4 Å². The zero-order valence-corrected chi connectivity index (χ0v) is 13.0. The van der Waals surface area contributed by atoms with E-state index < -0.39 is 15.9 Å². The van der Waals surface area contributed by atoms with Crippen molar-refractivity contribution in [2.45, 2.75) is 19.4 Å². The summed E-state index contributed by atoms with van der Waals surface area (Å²) in [5.74, 6) is -0.290. The smallest absolute Gasteiger partial charge is 0.237 e.